The fourth-order valence-corrected chi connectivity index (χ4v) is 8.96. The second-order valence-electron chi connectivity index (χ2n) is 14.7. The monoisotopic (exact) mass is 698 g/mol. The van der Waals surface area contributed by atoms with E-state index in [1.54, 1.807) is 0 Å². The van der Waals surface area contributed by atoms with E-state index in [4.69, 9.17) is 4.99 Å². The number of rotatable bonds is 5. The van der Waals surface area contributed by atoms with Gasteiger partial charge >= 0.3 is 0 Å². The van der Waals surface area contributed by atoms with Gasteiger partial charge in [0.2, 0.25) is 0 Å². The largest absolute Gasteiger partial charge is 0.309 e. The van der Waals surface area contributed by atoms with E-state index in [1.807, 2.05) is 0 Å². The molecule has 4 nitrogen and oxygen atoms in total. The Bertz CT molecular complexity index is 2580. The van der Waals surface area contributed by atoms with Gasteiger partial charge in [-0.3, -0.25) is 9.89 Å². The molecule has 3 heterocycles. The maximum absolute atomic E-state index is 5.24. The molecular weight excluding hydrogens is 657 g/mol. The predicted octanol–water partition coefficient (Wildman–Crippen LogP) is 13.0. The minimum Gasteiger partial charge on any atom is -0.309 e. The lowest BCUT2D eigenvalue weighted by Gasteiger charge is -2.33. The second kappa shape index (κ2) is 13.5. The first kappa shape index (κ1) is 32.3. The molecular formula is C50H42N4. The summed E-state index contributed by atoms with van der Waals surface area (Å²) in [6.45, 7) is 5.26. The lowest BCUT2D eigenvalue weighted by molar-refractivity contribution is 0.436. The third-order valence-corrected chi connectivity index (χ3v) is 11.4. The number of fused-ring (bicyclic) bond motifs is 6. The van der Waals surface area contributed by atoms with Gasteiger partial charge in [-0.2, -0.15) is 0 Å². The Hall–Kier alpha value is -6.39. The molecule has 2 aromatic heterocycles. The van der Waals surface area contributed by atoms with Gasteiger partial charge in [0.25, 0.3) is 0 Å². The van der Waals surface area contributed by atoms with Gasteiger partial charge in [0, 0.05) is 50.2 Å². The summed E-state index contributed by atoms with van der Waals surface area (Å²) in [6.07, 6.45) is 14.6. The Morgan fingerprint density at radius 2 is 1.02 bits per heavy atom. The standard InChI is InChI=1S/C50H42N4/c1-35-17-4-3-15-30-51-50(36-18-5-2-6-19-36)52(35)39-21-16-20-37(31-39)38-32-40(53-46-26-11-7-22-42(46)43-23-8-12-27-47(43)53)34-41(33-38)54-48-28-13-9-24-44(48)45-25-10-14-29-49(45)54/h3-4,7-17,20-29,31-34,36H,1-2,5-6,18-19,30H2/b15-3-,17-4-,51-50-. The normalized spacial score (nSPS) is 17.7. The Morgan fingerprint density at radius 1 is 0.500 bits per heavy atom. The van der Waals surface area contributed by atoms with Gasteiger partial charge in [0.05, 0.1) is 28.6 Å². The highest BCUT2D eigenvalue weighted by atomic mass is 15.2. The Balaban J connectivity index is 1.21. The summed E-state index contributed by atoms with van der Waals surface area (Å²) in [5, 5.41) is 5.01. The summed E-state index contributed by atoms with van der Waals surface area (Å²) in [6, 6.07) is 51.2. The van der Waals surface area contributed by atoms with Gasteiger partial charge in [-0.15, -0.1) is 0 Å². The smallest absolute Gasteiger partial charge is 0.111 e. The molecule has 1 aliphatic heterocycles. The minimum atomic E-state index is 0.416. The van der Waals surface area contributed by atoms with Crippen molar-refractivity contribution in [3.05, 3.63) is 176 Å². The number of hydrogen-bond donors (Lipinski definition) is 0. The van der Waals surface area contributed by atoms with Crippen molar-refractivity contribution in [1.29, 1.82) is 0 Å². The fraction of sp³-hybridized carbons (Fsp3) is 0.140. The van der Waals surface area contributed by atoms with Crippen LogP contribution in [0.3, 0.4) is 0 Å². The molecule has 0 atom stereocenters. The van der Waals surface area contributed by atoms with Crippen LogP contribution in [0.15, 0.2) is 181 Å². The lowest BCUT2D eigenvalue weighted by Crippen LogP contribution is -2.36. The van der Waals surface area contributed by atoms with Gasteiger partial charge in [-0.25, -0.2) is 0 Å². The van der Waals surface area contributed by atoms with E-state index in [0.29, 0.717) is 12.5 Å². The molecule has 8 aromatic rings. The van der Waals surface area contributed by atoms with Crippen molar-refractivity contribution >= 4 is 55.1 Å². The first-order valence-electron chi connectivity index (χ1n) is 19.3. The SMILES string of the molecule is C=C1/C=C\C=C/C/N=C(/C2CCCCC2)N1c1cccc(-c2cc(-n3c4ccccc4c4ccccc43)cc(-n3c4ccccc4c4ccccc43)c2)c1. The number of anilines is 1. The number of para-hydroxylation sites is 4. The van der Waals surface area contributed by atoms with Gasteiger partial charge in [0.1, 0.15) is 5.84 Å². The molecule has 4 heteroatoms. The van der Waals surface area contributed by atoms with Gasteiger partial charge in [0.15, 0.2) is 0 Å². The molecule has 0 unspecified atom stereocenters. The van der Waals surface area contributed by atoms with Crippen LogP contribution in [0, 0.1) is 5.92 Å². The van der Waals surface area contributed by atoms with Crippen LogP contribution in [-0.2, 0) is 0 Å². The van der Waals surface area contributed by atoms with E-state index in [0.717, 1.165) is 39.7 Å². The van der Waals surface area contributed by atoms with Crippen molar-refractivity contribution in [2.45, 2.75) is 32.1 Å². The van der Waals surface area contributed by atoms with Crippen molar-refractivity contribution in [1.82, 2.24) is 9.13 Å². The zero-order chi connectivity index (χ0) is 36.0. The number of benzene rings is 6. The van der Waals surface area contributed by atoms with E-state index in [-0.39, 0.29) is 0 Å². The van der Waals surface area contributed by atoms with Crippen molar-refractivity contribution in [3.63, 3.8) is 0 Å². The van der Waals surface area contributed by atoms with Crippen LogP contribution in [0.1, 0.15) is 32.1 Å². The molecule has 6 aromatic carbocycles. The maximum Gasteiger partial charge on any atom is 0.111 e. The maximum atomic E-state index is 5.24. The minimum absolute atomic E-state index is 0.416. The van der Waals surface area contributed by atoms with Crippen LogP contribution in [0.2, 0.25) is 0 Å². The van der Waals surface area contributed by atoms with Crippen LogP contribution in [0.25, 0.3) is 66.1 Å². The van der Waals surface area contributed by atoms with Gasteiger partial charge in [-0.1, -0.05) is 129 Å². The molecule has 54 heavy (non-hydrogen) atoms. The fourth-order valence-electron chi connectivity index (χ4n) is 8.96. The summed E-state index contributed by atoms with van der Waals surface area (Å²) in [5.74, 6) is 1.55. The summed E-state index contributed by atoms with van der Waals surface area (Å²) in [4.78, 5) is 7.56. The van der Waals surface area contributed by atoms with Crippen molar-refractivity contribution in [2.75, 3.05) is 11.4 Å². The average molecular weight is 699 g/mol. The first-order chi connectivity index (χ1) is 26.7. The molecule has 0 saturated heterocycles. The molecule has 0 radical (unpaired) electrons. The number of hydrogen-bond acceptors (Lipinski definition) is 2. The topological polar surface area (TPSA) is 25.5 Å². The van der Waals surface area contributed by atoms with E-state index in [1.165, 1.54) is 75.7 Å². The molecule has 1 aliphatic carbocycles. The molecule has 1 fully saturated rings. The summed E-state index contributed by atoms with van der Waals surface area (Å²) < 4.78 is 4.87. The average Bonchev–Trinajstić information content (AvgIpc) is 3.77. The molecule has 0 bridgehead atoms. The van der Waals surface area contributed by atoms with E-state index in [2.05, 4.69) is 184 Å². The molecule has 0 spiro atoms. The number of amidine groups is 1. The molecule has 2 aliphatic rings. The zero-order valence-electron chi connectivity index (χ0n) is 30.4. The highest BCUT2D eigenvalue weighted by Crippen LogP contribution is 2.39. The molecule has 0 amide bonds. The number of nitrogens with zero attached hydrogens (tertiary/aromatic N) is 4. The van der Waals surface area contributed by atoms with Crippen LogP contribution >= 0.6 is 0 Å². The lowest BCUT2D eigenvalue weighted by atomic mass is 9.87. The number of aromatic nitrogens is 2. The quantitative estimate of drug-likeness (QED) is 0.176. The van der Waals surface area contributed by atoms with Crippen LogP contribution in [-0.4, -0.2) is 21.5 Å². The van der Waals surface area contributed by atoms with Crippen molar-refractivity contribution < 1.29 is 0 Å². The van der Waals surface area contributed by atoms with Crippen LogP contribution < -0.4 is 4.90 Å². The predicted molar refractivity (Wildman–Crippen MR) is 229 cm³/mol. The zero-order valence-corrected chi connectivity index (χ0v) is 30.4. The third-order valence-electron chi connectivity index (χ3n) is 11.4. The molecule has 0 N–H and O–H groups in total. The molecule has 10 rings (SSSR count). The molecule has 1 saturated carbocycles. The molecule has 262 valence electrons. The third kappa shape index (κ3) is 5.49. The van der Waals surface area contributed by atoms with E-state index in [9.17, 15) is 0 Å². The second-order valence-corrected chi connectivity index (χ2v) is 14.7. The van der Waals surface area contributed by atoms with Crippen molar-refractivity contribution in [2.24, 2.45) is 10.9 Å². The van der Waals surface area contributed by atoms with Crippen molar-refractivity contribution in [3.8, 4) is 22.5 Å². The Kier molecular flexibility index (Phi) is 8.10. The Morgan fingerprint density at radius 3 is 1.57 bits per heavy atom. The first-order valence-corrected chi connectivity index (χ1v) is 19.3. The number of allylic oxidation sites excluding steroid dienone is 3. The van der Waals surface area contributed by atoms with Crippen LogP contribution in [0.5, 0.6) is 0 Å². The summed E-state index contributed by atoms with van der Waals surface area (Å²) in [7, 11) is 0. The summed E-state index contributed by atoms with van der Waals surface area (Å²) >= 11 is 0. The van der Waals surface area contributed by atoms with Gasteiger partial charge in [-0.05, 0) is 84.6 Å². The van der Waals surface area contributed by atoms with E-state index < -0.39 is 0 Å². The number of aliphatic imine (C=N–C) groups is 1. The highest BCUT2D eigenvalue weighted by Gasteiger charge is 2.27. The van der Waals surface area contributed by atoms with E-state index >= 15 is 0 Å². The van der Waals surface area contributed by atoms with Crippen LogP contribution in [0.4, 0.5) is 5.69 Å². The summed E-state index contributed by atoms with van der Waals surface area (Å²) in [5.41, 5.74) is 11.3. The highest BCUT2D eigenvalue weighted by molar-refractivity contribution is 6.11. The Labute approximate surface area is 316 Å². The van der Waals surface area contributed by atoms with Gasteiger partial charge < -0.3 is 9.13 Å².